The van der Waals surface area contributed by atoms with Crippen molar-refractivity contribution < 1.29 is 4.74 Å². The smallest absolute Gasteiger partial charge is 0.0611 e. The zero-order valence-corrected chi connectivity index (χ0v) is 11.9. The Morgan fingerprint density at radius 1 is 1.50 bits per heavy atom. The number of nitrogens with one attached hydrogen (secondary N) is 1. The van der Waals surface area contributed by atoms with Crippen LogP contribution in [0.1, 0.15) is 18.5 Å². The van der Waals surface area contributed by atoms with E-state index in [1.807, 2.05) is 18.8 Å². The second-order valence-corrected chi connectivity index (χ2v) is 6.23. The summed E-state index contributed by atoms with van der Waals surface area (Å²) in [5.41, 5.74) is 1.36. The molecule has 0 aliphatic carbocycles. The maximum absolute atomic E-state index is 5.21. The zero-order valence-electron chi connectivity index (χ0n) is 9.50. The number of halogens is 1. The van der Waals surface area contributed by atoms with E-state index in [0.29, 0.717) is 11.3 Å². The van der Waals surface area contributed by atoms with Crippen LogP contribution >= 0.6 is 27.7 Å². The molecule has 1 aromatic rings. The van der Waals surface area contributed by atoms with Crippen molar-refractivity contribution in [3.8, 4) is 0 Å². The standard InChI is InChI=1S/C12H16BrNOS/c1-8(14-2)11-5-9(13)3-4-12(11)16-10-6-15-7-10/h3-5,8,10,14H,6-7H2,1-2H3. The lowest BCUT2D eigenvalue weighted by Crippen LogP contribution is -2.30. The number of benzene rings is 1. The largest absolute Gasteiger partial charge is 0.379 e. The van der Waals surface area contributed by atoms with Crippen molar-refractivity contribution in [1.82, 2.24) is 5.32 Å². The number of thioether (sulfide) groups is 1. The van der Waals surface area contributed by atoms with Gasteiger partial charge in [0.1, 0.15) is 0 Å². The molecule has 1 aromatic carbocycles. The van der Waals surface area contributed by atoms with Crippen molar-refractivity contribution in [2.75, 3.05) is 20.3 Å². The highest BCUT2D eigenvalue weighted by atomic mass is 79.9. The molecule has 1 aliphatic rings. The fraction of sp³-hybridized carbons (Fsp3) is 0.500. The van der Waals surface area contributed by atoms with Gasteiger partial charge in [-0.05, 0) is 37.7 Å². The van der Waals surface area contributed by atoms with Crippen molar-refractivity contribution in [2.24, 2.45) is 0 Å². The van der Waals surface area contributed by atoms with Gasteiger partial charge in [0.2, 0.25) is 0 Å². The molecular weight excluding hydrogens is 286 g/mol. The highest BCUT2D eigenvalue weighted by Gasteiger charge is 2.21. The summed E-state index contributed by atoms with van der Waals surface area (Å²) in [5.74, 6) is 0. The molecule has 2 rings (SSSR count). The summed E-state index contributed by atoms with van der Waals surface area (Å²) in [7, 11) is 1.99. The average molecular weight is 302 g/mol. The first-order valence-corrected chi connectivity index (χ1v) is 7.09. The minimum atomic E-state index is 0.376. The Morgan fingerprint density at radius 2 is 2.25 bits per heavy atom. The second-order valence-electron chi connectivity index (χ2n) is 3.97. The Bertz CT molecular complexity index is 368. The molecule has 0 saturated carbocycles. The van der Waals surface area contributed by atoms with E-state index < -0.39 is 0 Å². The van der Waals surface area contributed by atoms with Crippen LogP contribution in [-0.4, -0.2) is 25.5 Å². The number of rotatable bonds is 4. The molecule has 16 heavy (non-hydrogen) atoms. The van der Waals surface area contributed by atoms with E-state index in [-0.39, 0.29) is 0 Å². The van der Waals surface area contributed by atoms with Crippen LogP contribution in [0.2, 0.25) is 0 Å². The summed E-state index contributed by atoms with van der Waals surface area (Å²) in [6.45, 7) is 3.95. The minimum Gasteiger partial charge on any atom is -0.379 e. The Balaban J connectivity index is 2.20. The maximum Gasteiger partial charge on any atom is 0.0611 e. The van der Waals surface area contributed by atoms with Crippen molar-refractivity contribution >= 4 is 27.7 Å². The van der Waals surface area contributed by atoms with E-state index in [4.69, 9.17) is 4.74 Å². The molecule has 1 fully saturated rings. The molecule has 1 unspecified atom stereocenters. The van der Waals surface area contributed by atoms with Gasteiger partial charge in [-0.25, -0.2) is 0 Å². The Morgan fingerprint density at radius 3 is 2.81 bits per heavy atom. The van der Waals surface area contributed by atoms with Gasteiger partial charge < -0.3 is 10.1 Å². The van der Waals surface area contributed by atoms with E-state index in [9.17, 15) is 0 Å². The molecule has 4 heteroatoms. The first-order valence-electron chi connectivity index (χ1n) is 5.42. The van der Waals surface area contributed by atoms with Crippen molar-refractivity contribution in [3.05, 3.63) is 28.2 Å². The highest BCUT2D eigenvalue weighted by Crippen LogP contribution is 2.34. The lowest BCUT2D eigenvalue weighted by Gasteiger charge is -2.27. The van der Waals surface area contributed by atoms with Gasteiger partial charge in [0.15, 0.2) is 0 Å². The molecule has 0 spiro atoms. The third-order valence-electron chi connectivity index (χ3n) is 2.77. The summed E-state index contributed by atoms with van der Waals surface area (Å²) in [6, 6.07) is 6.87. The monoisotopic (exact) mass is 301 g/mol. The average Bonchev–Trinajstić information content (AvgIpc) is 2.23. The molecular formula is C12H16BrNOS. The van der Waals surface area contributed by atoms with Crippen LogP contribution in [0.15, 0.2) is 27.6 Å². The molecule has 0 bridgehead atoms. The Kier molecular flexibility index (Phi) is 4.30. The van der Waals surface area contributed by atoms with Crippen molar-refractivity contribution in [2.45, 2.75) is 23.1 Å². The van der Waals surface area contributed by atoms with Gasteiger partial charge in [0.25, 0.3) is 0 Å². The summed E-state index contributed by atoms with van der Waals surface area (Å²) in [4.78, 5) is 1.36. The normalized spacial score (nSPS) is 18.2. The fourth-order valence-electron chi connectivity index (χ4n) is 1.58. The van der Waals surface area contributed by atoms with Gasteiger partial charge in [0.05, 0.1) is 18.5 Å². The van der Waals surface area contributed by atoms with Crippen molar-refractivity contribution in [1.29, 1.82) is 0 Å². The number of ether oxygens (including phenoxy) is 1. The van der Waals surface area contributed by atoms with Crippen LogP contribution < -0.4 is 5.32 Å². The van der Waals surface area contributed by atoms with Crippen LogP contribution in [0.4, 0.5) is 0 Å². The molecule has 1 heterocycles. The molecule has 2 nitrogen and oxygen atoms in total. The molecule has 1 N–H and O–H groups in total. The van der Waals surface area contributed by atoms with Gasteiger partial charge in [-0.2, -0.15) is 0 Å². The van der Waals surface area contributed by atoms with Gasteiger partial charge in [-0.3, -0.25) is 0 Å². The number of hydrogen-bond acceptors (Lipinski definition) is 3. The topological polar surface area (TPSA) is 21.3 Å². The molecule has 0 amide bonds. The Hall–Kier alpha value is -0.0300. The quantitative estimate of drug-likeness (QED) is 0.923. The van der Waals surface area contributed by atoms with Crippen LogP contribution in [0.3, 0.4) is 0 Å². The van der Waals surface area contributed by atoms with Gasteiger partial charge >= 0.3 is 0 Å². The van der Waals surface area contributed by atoms with Crippen LogP contribution in [0.25, 0.3) is 0 Å². The van der Waals surface area contributed by atoms with Crippen LogP contribution in [0.5, 0.6) is 0 Å². The maximum atomic E-state index is 5.21. The van der Waals surface area contributed by atoms with Gasteiger partial charge in [-0.15, -0.1) is 11.8 Å². The van der Waals surface area contributed by atoms with E-state index in [2.05, 4.69) is 46.4 Å². The fourth-order valence-corrected chi connectivity index (χ4v) is 3.17. The van der Waals surface area contributed by atoms with Gasteiger partial charge in [0, 0.05) is 15.4 Å². The van der Waals surface area contributed by atoms with E-state index in [0.717, 1.165) is 17.7 Å². The van der Waals surface area contributed by atoms with E-state index in [1.165, 1.54) is 10.5 Å². The Labute approximate surface area is 109 Å². The lowest BCUT2D eigenvalue weighted by molar-refractivity contribution is 0.0455. The first-order chi connectivity index (χ1) is 7.70. The SMILES string of the molecule is CNC(C)c1cc(Br)ccc1SC1COC1. The molecule has 0 aromatic heterocycles. The third-order valence-corrected chi connectivity index (χ3v) is 4.50. The second kappa shape index (κ2) is 5.54. The summed E-state index contributed by atoms with van der Waals surface area (Å²) in [5, 5.41) is 3.92. The summed E-state index contributed by atoms with van der Waals surface area (Å²) in [6.07, 6.45) is 0. The predicted octanol–water partition coefficient (Wildman–Crippen LogP) is 3.22. The molecule has 1 atom stereocenters. The highest BCUT2D eigenvalue weighted by molar-refractivity contribution is 9.10. The minimum absolute atomic E-state index is 0.376. The van der Waals surface area contributed by atoms with E-state index in [1.54, 1.807) is 0 Å². The molecule has 1 aliphatic heterocycles. The lowest BCUT2D eigenvalue weighted by atomic mass is 10.1. The third kappa shape index (κ3) is 2.80. The van der Waals surface area contributed by atoms with Gasteiger partial charge in [-0.1, -0.05) is 15.9 Å². The summed E-state index contributed by atoms with van der Waals surface area (Å²) >= 11 is 5.45. The zero-order chi connectivity index (χ0) is 11.5. The van der Waals surface area contributed by atoms with Crippen molar-refractivity contribution in [3.63, 3.8) is 0 Å². The first kappa shape index (κ1) is 12.4. The molecule has 88 valence electrons. The van der Waals surface area contributed by atoms with E-state index >= 15 is 0 Å². The summed E-state index contributed by atoms with van der Waals surface area (Å²) < 4.78 is 6.35. The molecule has 1 saturated heterocycles. The molecule has 0 radical (unpaired) electrons. The van der Waals surface area contributed by atoms with Crippen LogP contribution in [0, 0.1) is 0 Å². The number of hydrogen-bond donors (Lipinski definition) is 1. The van der Waals surface area contributed by atoms with Crippen LogP contribution in [-0.2, 0) is 4.74 Å². The predicted molar refractivity (Wildman–Crippen MR) is 72.1 cm³/mol.